The van der Waals surface area contributed by atoms with Crippen LogP contribution in [0.1, 0.15) is 38.5 Å². The van der Waals surface area contributed by atoms with Gasteiger partial charge in [0.25, 0.3) is 0 Å². The van der Waals surface area contributed by atoms with Crippen LogP contribution in [0.5, 0.6) is 0 Å². The number of nitrogens with one attached hydrogen (secondary N) is 1. The molecule has 0 atom stereocenters. The lowest BCUT2D eigenvalue weighted by atomic mass is 9.97. The summed E-state index contributed by atoms with van der Waals surface area (Å²) in [6, 6.07) is 0. The second-order valence-corrected chi connectivity index (χ2v) is 3.69. The summed E-state index contributed by atoms with van der Waals surface area (Å²) in [6.07, 6.45) is 12.2. The average molecular weight is 179 g/mol. The van der Waals surface area contributed by atoms with E-state index >= 15 is 0 Å². The molecule has 0 radical (unpaired) electrons. The molecule has 13 heavy (non-hydrogen) atoms. The molecule has 0 saturated carbocycles. The van der Waals surface area contributed by atoms with Crippen molar-refractivity contribution in [3.05, 3.63) is 24.3 Å². The molecule has 1 heteroatoms. The van der Waals surface area contributed by atoms with E-state index in [0.717, 1.165) is 19.5 Å². The van der Waals surface area contributed by atoms with Crippen molar-refractivity contribution >= 4 is 0 Å². The van der Waals surface area contributed by atoms with E-state index in [1.807, 2.05) is 6.08 Å². The first-order chi connectivity index (χ1) is 6.43. The van der Waals surface area contributed by atoms with Gasteiger partial charge in [0.05, 0.1) is 0 Å². The van der Waals surface area contributed by atoms with E-state index in [9.17, 15) is 0 Å². The van der Waals surface area contributed by atoms with Crippen LogP contribution in [0.4, 0.5) is 0 Å². The predicted octanol–water partition coefficient (Wildman–Crippen LogP) is 3.04. The molecule has 0 aromatic carbocycles. The Morgan fingerprint density at radius 1 is 1.38 bits per heavy atom. The van der Waals surface area contributed by atoms with E-state index in [4.69, 9.17) is 0 Å². The van der Waals surface area contributed by atoms with Crippen molar-refractivity contribution in [1.82, 2.24) is 5.32 Å². The van der Waals surface area contributed by atoms with Crippen LogP contribution >= 0.6 is 0 Å². The predicted molar refractivity (Wildman–Crippen MR) is 58.9 cm³/mol. The molecular formula is C12H21N. The molecule has 0 fully saturated rings. The fraction of sp³-hybridized carbons (Fsp3) is 0.667. The summed E-state index contributed by atoms with van der Waals surface area (Å²) in [5, 5.41) is 3.42. The summed E-state index contributed by atoms with van der Waals surface area (Å²) in [7, 11) is 0. The third-order valence-electron chi connectivity index (χ3n) is 2.53. The summed E-state index contributed by atoms with van der Waals surface area (Å²) in [6.45, 7) is 5.92. The van der Waals surface area contributed by atoms with E-state index in [2.05, 4.69) is 18.0 Å². The Labute approximate surface area is 81.9 Å². The molecule has 1 aliphatic rings. The lowest BCUT2D eigenvalue weighted by Gasteiger charge is -2.12. The fourth-order valence-electron chi connectivity index (χ4n) is 1.71. The molecule has 1 rings (SSSR count). The molecule has 0 aromatic rings. The third-order valence-corrected chi connectivity index (χ3v) is 2.53. The number of allylic oxidation sites excluding steroid dienone is 1. The second kappa shape index (κ2) is 6.90. The topological polar surface area (TPSA) is 12.0 Å². The van der Waals surface area contributed by atoms with Gasteiger partial charge >= 0.3 is 0 Å². The first-order valence-electron chi connectivity index (χ1n) is 5.43. The molecule has 0 unspecified atom stereocenters. The molecule has 1 N–H and O–H groups in total. The van der Waals surface area contributed by atoms with Crippen LogP contribution in [0.3, 0.4) is 0 Å². The monoisotopic (exact) mass is 179 g/mol. The molecule has 0 spiro atoms. The van der Waals surface area contributed by atoms with Gasteiger partial charge in [-0.25, -0.2) is 0 Å². The van der Waals surface area contributed by atoms with Gasteiger partial charge in [-0.2, -0.15) is 0 Å². The average Bonchev–Trinajstić information content (AvgIpc) is 2.19. The van der Waals surface area contributed by atoms with E-state index in [1.54, 1.807) is 5.57 Å². The fourth-order valence-corrected chi connectivity index (χ4v) is 1.71. The molecule has 0 aromatic heterocycles. The Hall–Kier alpha value is -0.560. The Bertz CT molecular complexity index is 170. The molecule has 0 bridgehead atoms. The van der Waals surface area contributed by atoms with Crippen LogP contribution in [0, 0.1) is 0 Å². The summed E-state index contributed by atoms with van der Waals surface area (Å²) in [5.41, 5.74) is 1.66. The van der Waals surface area contributed by atoms with Gasteiger partial charge in [0.15, 0.2) is 0 Å². The van der Waals surface area contributed by atoms with Crippen molar-refractivity contribution in [3.8, 4) is 0 Å². The third kappa shape index (κ3) is 4.89. The van der Waals surface area contributed by atoms with Crippen LogP contribution in [-0.2, 0) is 0 Å². The normalized spacial score (nSPS) is 16.8. The number of hydrogen-bond acceptors (Lipinski definition) is 1. The van der Waals surface area contributed by atoms with Crippen molar-refractivity contribution in [2.24, 2.45) is 0 Å². The van der Waals surface area contributed by atoms with Crippen LogP contribution < -0.4 is 5.32 Å². The highest BCUT2D eigenvalue weighted by molar-refractivity contribution is 5.05. The minimum absolute atomic E-state index is 1.08. The first-order valence-corrected chi connectivity index (χ1v) is 5.43. The van der Waals surface area contributed by atoms with Crippen molar-refractivity contribution in [1.29, 1.82) is 0 Å². The number of hydrogen-bond donors (Lipinski definition) is 1. The molecular weight excluding hydrogens is 158 g/mol. The highest BCUT2D eigenvalue weighted by Gasteiger charge is 2.02. The lowest BCUT2D eigenvalue weighted by molar-refractivity contribution is 0.635. The van der Waals surface area contributed by atoms with Gasteiger partial charge in [0, 0.05) is 0 Å². The Morgan fingerprint density at radius 2 is 2.31 bits per heavy atom. The van der Waals surface area contributed by atoms with Crippen molar-refractivity contribution < 1.29 is 0 Å². The summed E-state index contributed by atoms with van der Waals surface area (Å²) in [4.78, 5) is 0. The zero-order valence-electron chi connectivity index (χ0n) is 8.52. The lowest BCUT2D eigenvalue weighted by Crippen LogP contribution is -2.16. The highest BCUT2D eigenvalue weighted by Crippen LogP contribution is 2.19. The molecule has 1 aliphatic carbocycles. The van der Waals surface area contributed by atoms with E-state index < -0.39 is 0 Å². The minimum Gasteiger partial charge on any atom is -0.316 e. The Balaban J connectivity index is 1.98. The number of rotatable bonds is 6. The van der Waals surface area contributed by atoms with Gasteiger partial charge < -0.3 is 5.32 Å². The minimum atomic E-state index is 1.08. The molecule has 0 heterocycles. The van der Waals surface area contributed by atoms with Gasteiger partial charge in [-0.3, -0.25) is 0 Å². The van der Waals surface area contributed by atoms with E-state index in [-0.39, 0.29) is 0 Å². The van der Waals surface area contributed by atoms with Gasteiger partial charge in [0.2, 0.25) is 0 Å². The molecule has 0 amide bonds. The maximum atomic E-state index is 3.70. The Morgan fingerprint density at radius 3 is 3.00 bits per heavy atom. The standard InChI is InChI=1S/C12H21N/c1-2-3-10-13-11-9-12-7-5-4-6-8-12/h2,7,13H,1,3-6,8-11H2. The molecule has 74 valence electrons. The van der Waals surface area contributed by atoms with Crippen molar-refractivity contribution in [2.45, 2.75) is 38.5 Å². The van der Waals surface area contributed by atoms with Gasteiger partial charge in [-0.1, -0.05) is 17.7 Å². The molecule has 1 nitrogen and oxygen atoms in total. The maximum absolute atomic E-state index is 3.70. The van der Waals surface area contributed by atoms with Crippen LogP contribution in [0.25, 0.3) is 0 Å². The zero-order valence-corrected chi connectivity index (χ0v) is 8.52. The van der Waals surface area contributed by atoms with E-state index in [0.29, 0.717) is 0 Å². The zero-order chi connectivity index (χ0) is 9.36. The molecule has 0 aliphatic heterocycles. The second-order valence-electron chi connectivity index (χ2n) is 3.69. The van der Waals surface area contributed by atoms with Crippen molar-refractivity contribution in [2.75, 3.05) is 13.1 Å². The summed E-state index contributed by atoms with van der Waals surface area (Å²) < 4.78 is 0. The van der Waals surface area contributed by atoms with Crippen LogP contribution in [0.2, 0.25) is 0 Å². The van der Waals surface area contributed by atoms with Crippen LogP contribution in [0.15, 0.2) is 24.3 Å². The molecule has 0 saturated heterocycles. The van der Waals surface area contributed by atoms with Gasteiger partial charge in [-0.05, 0) is 51.6 Å². The van der Waals surface area contributed by atoms with Crippen molar-refractivity contribution in [3.63, 3.8) is 0 Å². The Kier molecular flexibility index (Phi) is 5.59. The largest absolute Gasteiger partial charge is 0.316 e. The van der Waals surface area contributed by atoms with Gasteiger partial charge in [-0.15, -0.1) is 6.58 Å². The summed E-state index contributed by atoms with van der Waals surface area (Å²) >= 11 is 0. The summed E-state index contributed by atoms with van der Waals surface area (Å²) in [5.74, 6) is 0. The van der Waals surface area contributed by atoms with Crippen LogP contribution in [-0.4, -0.2) is 13.1 Å². The SMILES string of the molecule is C=CCCNCCC1=CCCCC1. The quantitative estimate of drug-likeness (QED) is 0.488. The smallest absolute Gasteiger partial charge is 0.00115 e. The highest BCUT2D eigenvalue weighted by atomic mass is 14.8. The van der Waals surface area contributed by atoms with E-state index in [1.165, 1.54) is 32.1 Å². The first kappa shape index (κ1) is 10.5. The maximum Gasteiger partial charge on any atom is -0.00115 e. The van der Waals surface area contributed by atoms with Gasteiger partial charge in [0.1, 0.15) is 0 Å².